The standard InChI is InChI=1S/C29H27Cl2N3O3S/c1-17-24(28(35)37-15-14-33(2)3)27(25-19-9-6-5-8-18(19)12-13-22(25)36-4)34-16-23(38-29(34)32-17)26-20(30)10-7-11-21(26)31/h5-13,16,27H,14-15H2,1-4H3. The van der Waals surface area contributed by atoms with Gasteiger partial charge in [-0.3, -0.25) is 0 Å². The number of thioether (sulfide) groups is 1. The molecule has 0 saturated heterocycles. The summed E-state index contributed by atoms with van der Waals surface area (Å²) in [6, 6.07) is 16.9. The van der Waals surface area contributed by atoms with E-state index in [2.05, 4.69) is 0 Å². The average molecular weight is 569 g/mol. The maximum Gasteiger partial charge on any atom is 0.338 e. The summed E-state index contributed by atoms with van der Waals surface area (Å²) in [5.41, 5.74) is 2.65. The summed E-state index contributed by atoms with van der Waals surface area (Å²) in [5.74, 6) is 0.263. The Labute approximate surface area is 236 Å². The Kier molecular flexibility index (Phi) is 7.73. The van der Waals surface area contributed by atoms with Crippen molar-refractivity contribution < 1.29 is 14.3 Å². The van der Waals surface area contributed by atoms with E-state index in [1.54, 1.807) is 7.11 Å². The second-order valence-corrected chi connectivity index (χ2v) is 11.1. The Morgan fingerprint density at radius 1 is 1.08 bits per heavy atom. The second-order valence-electron chi connectivity index (χ2n) is 9.24. The molecule has 3 aromatic carbocycles. The SMILES string of the molecule is COc1ccc2ccccc2c1C1C(C(=O)OCCN(C)C)=C(C)N=C2SC(c3c(Cl)cccc3Cl)=CN21. The van der Waals surface area contributed by atoms with Gasteiger partial charge >= 0.3 is 5.97 Å². The fraction of sp³-hybridized carbons (Fsp3) is 0.241. The number of carbonyl (C=O) groups excluding carboxylic acids is 1. The first kappa shape index (κ1) is 26.6. The van der Waals surface area contributed by atoms with E-state index >= 15 is 0 Å². The topological polar surface area (TPSA) is 54.4 Å². The summed E-state index contributed by atoms with van der Waals surface area (Å²) in [6.45, 7) is 2.73. The predicted octanol–water partition coefficient (Wildman–Crippen LogP) is 6.99. The third-order valence-corrected chi connectivity index (χ3v) is 8.15. The molecule has 0 saturated carbocycles. The number of allylic oxidation sites excluding steroid dienone is 1. The van der Waals surface area contributed by atoms with Crippen LogP contribution in [0.2, 0.25) is 10.0 Å². The van der Waals surface area contributed by atoms with Crippen LogP contribution in [0.4, 0.5) is 0 Å². The number of hydrogen-bond donors (Lipinski definition) is 0. The Morgan fingerprint density at radius 3 is 2.53 bits per heavy atom. The Hall–Kier alpha value is -2.97. The van der Waals surface area contributed by atoms with Crippen molar-refractivity contribution in [2.24, 2.45) is 4.99 Å². The maximum atomic E-state index is 13.7. The first-order valence-electron chi connectivity index (χ1n) is 12.1. The number of hydrogen-bond acceptors (Lipinski definition) is 7. The van der Waals surface area contributed by atoms with Gasteiger partial charge in [0, 0.05) is 28.8 Å². The number of fused-ring (bicyclic) bond motifs is 2. The number of methoxy groups -OCH3 is 1. The van der Waals surface area contributed by atoms with Crippen molar-refractivity contribution in [2.45, 2.75) is 13.0 Å². The van der Waals surface area contributed by atoms with E-state index in [0.717, 1.165) is 32.0 Å². The number of ether oxygens (including phenoxy) is 2. The van der Waals surface area contributed by atoms with Crippen LogP contribution in [-0.2, 0) is 9.53 Å². The van der Waals surface area contributed by atoms with Crippen molar-refractivity contribution in [3.05, 3.63) is 93.2 Å². The van der Waals surface area contributed by atoms with E-state index < -0.39 is 12.0 Å². The molecule has 0 spiro atoms. The first-order valence-corrected chi connectivity index (χ1v) is 13.7. The lowest BCUT2D eigenvalue weighted by atomic mass is 9.90. The average Bonchev–Trinajstić information content (AvgIpc) is 3.29. The predicted molar refractivity (Wildman–Crippen MR) is 157 cm³/mol. The van der Waals surface area contributed by atoms with Crippen LogP contribution in [0.1, 0.15) is 24.1 Å². The quantitative estimate of drug-likeness (QED) is 0.287. The van der Waals surface area contributed by atoms with E-state index in [1.165, 1.54) is 11.8 Å². The highest BCUT2D eigenvalue weighted by atomic mass is 35.5. The molecule has 0 radical (unpaired) electrons. The summed E-state index contributed by atoms with van der Waals surface area (Å²) in [7, 11) is 5.51. The molecule has 196 valence electrons. The van der Waals surface area contributed by atoms with Crippen LogP contribution in [0, 0.1) is 0 Å². The Balaban J connectivity index is 1.70. The zero-order chi connectivity index (χ0) is 27.0. The third-order valence-electron chi connectivity index (χ3n) is 6.51. The van der Waals surface area contributed by atoms with E-state index in [4.69, 9.17) is 37.7 Å². The van der Waals surface area contributed by atoms with Crippen LogP contribution >= 0.6 is 35.0 Å². The van der Waals surface area contributed by atoms with Crippen LogP contribution in [0.25, 0.3) is 15.7 Å². The van der Waals surface area contributed by atoms with Gasteiger partial charge in [0.2, 0.25) is 0 Å². The highest BCUT2D eigenvalue weighted by Gasteiger charge is 2.42. The van der Waals surface area contributed by atoms with Gasteiger partial charge in [-0.25, -0.2) is 9.79 Å². The molecular weight excluding hydrogens is 541 g/mol. The van der Waals surface area contributed by atoms with Gasteiger partial charge in [0.1, 0.15) is 12.4 Å². The number of esters is 1. The van der Waals surface area contributed by atoms with Crippen molar-refractivity contribution in [2.75, 3.05) is 34.4 Å². The normalized spacial score (nSPS) is 17.0. The van der Waals surface area contributed by atoms with E-state index in [0.29, 0.717) is 33.6 Å². The maximum absolute atomic E-state index is 13.7. The molecule has 2 heterocycles. The molecular formula is C29H27Cl2N3O3S. The summed E-state index contributed by atoms with van der Waals surface area (Å²) >= 11 is 14.6. The summed E-state index contributed by atoms with van der Waals surface area (Å²) in [4.78, 5) is 23.3. The third kappa shape index (κ3) is 4.92. The smallest absolute Gasteiger partial charge is 0.338 e. The zero-order valence-electron chi connectivity index (χ0n) is 21.5. The van der Waals surface area contributed by atoms with Crippen LogP contribution in [0.5, 0.6) is 5.75 Å². The summed E-state index contributed by atoms with van der Waals surface area (Å²) in [5, 5.41) is 3.83. The van der Waals surface area contributed by atoms with Gasteiger partial charge in [0.25, 0.3) is 0 Å². The van der Waals surface area contributed by atoms with E-state index in [-0.39, 0.29) is 6.61 Å². The van der Waals surface area contributed by atoms with Gasteiger partial charge in [-0.05, 0) is 61.8 Å². The molecule has 1 atom stereocenters. The van der Waals surface area contributed by atoms with E-state index in [1.807, 2.05) is 91.6 Å². The summed E-state index contributed by atoms with van der Waals surface area (Å²) in [6.07, 6.45) is 1.96. The van der Waals surface area contributed by atoms with Gasteiger partial charge in [-0.15, -0.1) is 0 Å². The highest BCUT2D eigenvalue weighted by molar-refractivity contribution is 8.22. The molecule has 0 amide bonds. The highest BCUT2D eigenvalue weighted by Crippen LogP contribution is 2.51. The number of rotatable bonds is 7. The van der Waals surface area contributed by atoms with Crippen molar-refractivity contribution in [3.8, 4) is 5.75 Å². The lowest BCUT2D eigenvalue weighted by Crippen LogP contribution is -2.35. The molecule has 5 rings (SSSR count). The van der Waals surface area contributed by atoms with Gasteiger partial charge in [0.05, 0.1) is 34.5 Å². The molecule has 38 heavy (non-hydrogen) atoms. The lowest BCUT2D eigenvalue weighted by molar-refractivity contribution is -0.140. The molecule has 2 aliphatic rings. The first-order chi connectivity index (χ1) is 18.3. The molecule has 9 heteroatoms. The number of halogens is 2. The monoisotopic (exact) mass is 567 g/mol. The number of amidine groups is 1. The molecule has 0 N–H and O–H groups in total. The van der Waals surface area contributed by atoms with Crippen LogP contribution in [0.15, 0.2) is 77.1 Å². The van der Waals surface area contributed by atoms with Crippen LogP contribution < -0.4 is 4.74 Å². The number of benzene rings is 3. The summed E-state index contributed by atoms with van der Waals surface area (Å²) < 4.78 is 11.6. The van der Waals surface area contributed by atoms with Crippen molar-refractivity contribution in [1.29, 1.82) is 0 Å². The molecule has 6 nitrogen and oxygen atoms in total. The molecule has 2 aliphatic heterocycles. The number of nitrogens with zero attached hydrogens (tertiary/aromatic N) is 3. The molecule has 3 aromatic rings. The van der Waals surface area contributed by atoms with Crippen molar-refractivity contribution >= 4 is 61.8 Å². The fourth-order valence-corrected chi connectivity index (χ4v) is 6.54. The van der Waals surface area contributed by atoms with Crippen LogP contribution in [0.3, 0.4) is 0 Å². The number of likely N-dealkylation sites (N-methyl/N-ethyl adjacent to an activating group) is 1. The molecule has 0 aliphatic carbocycles. The molecule has 0 fully saturated rings. The Bertz CT molecular complexity index is 1500. The van der Waals surface area contributed by atoms with Crippen molar-refractivity contribution in [3.63, 3.8) is 0 Å². The van der Waals surface area contributed by atoms with Gasteiger partial charge in [0.15, 0.2) is 5.17 Å². The van der Waals surface area contributed by atoms with Gasteiger partial charge in [-0.2, -0.15) is 0 Å². The fourth-order valence-electron chi connectivity index (χ4n) is 4.69. The number of aliphatic imine (C=N–C) groups is 1. The minimum Gasteiger partial charge on any atom is -0.496 e. The van der Waals surface area contributed by atoms with Crippen molar-refractivity contribution in [1.82, 2.24) is 9.80 Å². The molecule has 1 unspecified atom stereocenters. The van der Waals surface area contributed by atoms with Gasteiger partial charge in [-0.1, -0.05) is 59.6 Å². The van der Waals surface area contributed by atoms with E-state index in [9.17, 15) is 4.79 Å². The number of carbonyl (C=O) groups is 1. The lowest BCUT2D eigenvalue weighted by Gasteiger charge is -2.34. The van der Waals surface area contributed by atoms with Crippen LogP contribution in [-0.4, -0.2) is 55.3 Å². The Morgan fingerprint density at radius 2 is 1.82 bits per heavy atom. The van der Waals surface area contributed by atoms with Gasteiger partial charge < -0.3 is 19.3 Å². The zero-order valence-corrected chi connectivity index (χ0v) is 23.8. The largest absolute Gasteiger partial charge is 0.496 e. The second kappa shape index (κ2) is 11.0. The minimum absolute atomic E-state index is 0.268. The minimum atomic E-state index is -0.540. The molecule has 0 aromatic heterocycles. The molecule has 0 bridgehead atoms.